The third kappa shape index (κ3) is 5.01. The van der Waals surface area contributed by atoms with E-state index in [0.717, 1.165) is 77.0 Å². The van der Waals surface area contributed by atoms with Crippen molar-refractivity contribution in [2.75, 3.05) is 26.2 Å². The lowest BCUT2D eigenvalue weighted by Crippen LogP contribution is -2.41. The van der Waals surface area contributed by atoms with Crippen molar-refractivity contribution in [2.45, 2.75) is 84.0 Å². The average Bonchev–Trinajstić information content (AvgIpc) is 3.39. The van der Waals surface area contributed by atoms with Crippen molar-refractivity contribution < 1.29 is 9.59 Å². The molecule has 3 aliphatic rings. The van der Waals surface area contributed by atoms with Crippen LogP contribution in [-0.4, -0.2) is 47.8 Å². The van der Waals surface area contributed by atoms with Crippen molar-refractivity contribution in [3.05, 3.63) is 0 Å². The monoisotopic (exact) mass is 362 g/mol. The minimum atomic E-state index is 0.305. The van der Waals surface area contributed by atoms with Gasteiger partial charge in [0.2, 0.25) is 11.8 Å². The largest absolute Gasteiger partial charge is 0.343 e. The Kier molecular flexibility index (Phi) is 7.39. The number of likely N-dealkylation sites (tertiary alicyclic amines) is 1. The molecule has 0 atom stereocenters. The second kappa shape index (κ2) is 9.75. The molecule has 148 valence electrons. The van der Waals surface area contributed by atoms with Gasteiger partial charge in [0.15, 0.2) is 0 Å². The van der Waals surface area contributed by atoms with Crippen LogP contribution in [0.25, 0.3) is 0 Å². The summed E-state index contributed by atoms with van der Waals surface area (Å²) in [5.41, 5.74) is 0. The van der Waals surface area contributed by atoms with Crippen LogP contribution in [0.1, 0.15) is 84.0 Å². The molecule has 0 aromatic heterocycles. The smallest absolute Gasteiger partial charge is 0.225 e. The number of carbonyl (C=O) groups is 2. The molecule has 0 radical (unpaired) electrons. The van der Waals surface area contributed by atoms with Crippen LogP contribution >= 0.6 is 0 Å². The lowest BCUT2D eigenvalue weighted by molar-refractivity contribution is -0.137. The molecule has 26 heavy (non-hydrogen) atoms. The van der Waals surface area contributed by atoms with Crippen LogP contribution in [0.4, 0.5) is 0 Å². The van der Waals surface area contributed by atoms with E-state index in [4.69, 9.17) is 0 Å². The summed E-state index contributed by atoms with van der Waals surface area (Å²) in [4.78, 5) is 29.3. The lowest BCUT2D eigenvalue weighted by Gasteiger charge is -2.34. The van der Waals surface area contributed by atoms with E-state index in [1.54, 1.807) is 0 Å². The Bertz CT molecular complexity index is 459. The molecule has 3 rings (SSSR count). The highest BCUT2D eigenvalue weighted by Gasteiger charge is 2.30. The van der Waals surface area contributed by atoms with E-state index in [0.29, 0.717) is 23.7 Å². The SMILES string of the molecule is CCN(CCCC1CCN(C(=O)C2CCCC2)CC1)C(=O)C1CCCC1. The van der Waals surface area contributed by atoms with E-state index < -0.39 is 0 Å². The fraction of sp³-hybridized carbons (Fsp3) is 0.909. The molecule has 2 amide bonds. The van der Waals surface area contributed by atoms with Gasteiger partial charge in [-0.1, -0.05) is 25.7 Å². The molecular weight excluding hydrogens is 324 g/mol. The predicted octanol–water partition coefficient (Wildman–Crippen LogP) is 4.23. The summed E-state index contributed by atoms with van der Waals surface area (Å²) in [7, 11) is 0. The van der Waals surface area contributed by atoms with Crippen LogP contribution in [0.5, 0.6) is 0 Å². The molecule has 0 aromatic rings. The van der Waals surface area contributed by atoms with Crippen LogP contribution in [0.2, 0.25) is 0 Å². The summed E-state index contributed by atoms with van der Waals surface area (Å²) in [6.07, 6.45) is 14.0. The van der Waals surface area contributed by atoms with Gasteiger partial charge in [-0.15, -0.1) is 0 Å². The minimum absolute atomic E-state index is 0.305. The third-order valence-electron chi connectivity index (χ3n) is 7.07. The zero-order valence-electron chi connectivity index (χ0n) is 16.8. The van der Waals surface area contributed by atoms with Gasteiger partial charge in [0.1, 0.15) is 0 Å². The molecule has 1 aliphatic heterocycles. The number of carbonyl (C=O) groups excluding carboxylic acids is 2. The van der Waals surface area contributed by atoms with Gasteiger partial charge >= 0.3 is 0 Å². The second-order valence-electron chi connectivity index (χ2n) is 8.79. The second-order valence-corrected chi connectivity index (χ2v) is 8.79. The van der Waals surface area contributed by atoms with Crippen molar-refractivity contribution in [3.63, 3.8) is 0 Å². The van der Waals surface area contributed by atoms with Crippen LogP contribution in [0.3, 0.4) is 0 Å². The molecule has 2 saturated carbocycles. The van der Waals surface area contributed by atoms with Gasteiger partial charge in [0, 0.05) is 38.0 Å². The van der Waals surface area contributed by atoms with Crippen LogP contribution in [-0.2, 0) is 9.59 Å². The predicted molar refractivity (Wildman–Crippen MR) is 105 cm³/mol. The first kappa shape index (κ1) is 19.7. The van der Waals surface area contributed by atoms with Gasteiger partial charge in [-0.3, -0.25) is 9.59 Å². The van der Waals surface area contributed by atoms with Gasteiger partial charge in [-0.05, 0) is 64.2 Å². The third-order valence-corrected chi connectivity index (χ3v) is 7.07. The maximum Gasteiger partial charge on any atom is 0.225 e. The summed E-state index contributed by atoms with van der Waals surface area (Å²) in [6.45, 7) is 5.80. The highest BCUT2D eigenvalue weighted by molar-refractivity contribution is 5.79. The van der Waals surface area contributed by atoms with E-state index in [2.05, 4.69) is 16.7 Å². The van der Waals surface area contributed by atoms with Gasteiger partial charge in [0.05, 0.1) is 0 Å². The quantitative estimate of drug-likeness (QED) is 0.680. The summed E-state index contributed by atoms with van der Waals surface area (Å²) in [6, 6.07) is 0. The fourth-order valence-corrected chi connectivity index (χ4v) is 5.30. The van der Waals surface area contributed by atoms with Crippen molar-refractivity contribution in [2.24, 2.45) is 17.8 Å². The molecule has 1 saturated heterocycles. The molecule has 0 spiro atoms. The first-order valence-electron chi connectivity index (χ1n) is 11.3. The molecule has 4 heteroatoms. The normalized spacial score (nSPS) is 22.9. The molecule has 0 unspecified atom stereocenters. The van der Waals surface area contributed by atoms with Crippen LogP contribution in [0.15, 0.2) is 0 Å². The summed E-state index contributed by atoms with van der Waals surface area (Å²) < 4.78 is 0. The van der Waals surface area contributed by atoms with Gasteiger partial charge in [-0.2, -0.15) is 0 Å². The Hall–Kier alpha value is -1.06. The zero-order valence-corrected chi connectivity index (χ0v) is 16.8. The zero-order chi connectivity index (χ0) is 18.4. The van der Waals surface area contributed by atoms with Crippen molar-refractivity contribution >= 4 is 11.8 Å². The van der Waals surface area contributed by atoms with E-state index in [9.17, 15) is 9.59 Å². The number of amides is 2. The summed E-state index contributed by atoms with van der Waals surface area (Å²) in [5.74, 6) is 2.20. The number of piperidine rings is 1. The average molecular weight is 363 g/mol. The molecule has 1 heterocycles. The topological polar surface area (TPSA) is 40.6 Å². The Balaban J connectivity index is 1.34. The van der Waals surface area contributed by atoms with Crippen LogP contribution in [0, 0.1) is 17.8 Å². The Labute approximate surface area is 159 Å². The summed E-state index contributed by atoms with van der Waals surface area (Å²) in [5, 5.41) is 0. The highest BCUT2D eigenvalue weighted by Crippen LogP contribution is 2.30. The Morgan fingerprint density at radius 3 is 2.04 bits per heavy atom. The molecule has 0 bridgehead atoms. The molecule has 2 aliphatic carbocycles. The number of hydrogen-bond donors (Lipinski definition) is 0. The molecule has 3 fully saturated rings. The lowest BCUT2D eigenvalue weighted by atomic mass is 9.91. The molecule has 0 aromatic carbocycles. The molecule has 0 N–H and O–H groups in total. The number of rotatable bonds is 7. The first-order valence-corrected chi connectivity index (χ1v) is 11.3. The van der Waals surface area contributed by atoms with E-state index in [1.165, 1.54) is 32.1 Å². The van der Waals surface area contributed by atoms with E-state index in [1.807, 2.05) is 0 Å². The fourth-order valence-electron chi connectivity index (χ4n) is 5.30. The van der Waals surface area contributed by atoms with Gasteiger partial charge < -0.3 is 9.80 Å². The maximum atomic E-state index is 12.6. The van der Waals surface area contributed by atoms with E-state index >= 15 is 0 Å². The van der Waals surface area contributed by atoms with Crippen LogP contribution < -0.4 is 0 Å². The molecular formula is C22H38N2O2. The van der Waals surface area contributed by atoms with Crippen molar-refractivity contribution in [1.82, 2.24) is 9.80 Å². The van der Waals surface area contributed by atoms with E-state index in [-0.39, 0.29) is 0 Å². The van der Waals surface area contributed by atoms with Gasteiger partial charge in [0.25, 0.3) is 0 Å². The Morgan fingerprint density at radius 1 is 0.885 bits per heavy atom. The van der Waals surface area contributed by atoms with Gasteiger partial charge in [-0.25, -0.2) is 0 Å². The van der Waals surface area contributed by atoms with Crippen molar-refractivity contribution in [3.8, 4) is 0 Å². The molecule has 4 nitrogen and oxygen atoms in total. The maximum absolute atomic E-state index is 12.6. The Morgan fingerprint density at radius 2 is 1.46 bits per heavy atom. The standard InChI is InChI=1S/C22H38N2O2/c1-2-23(21(25)19-9-3-4-10-19)15-7-8-18-13-16-24(17-14-18)22(26)20-11-5-6-12-20/h18-20H,2-17H2,1H3. The number of nitrogens with zero attached hydrogens (tertiary/aromatic N) is 2. The highest BCUT2D eigenvalue weighted by atomic mass is 16.2. The number of hydrogen-bond acceptors (Lipinski definition) is 2. The first-order chi connectivity index (χ1) is 12.7. The minimum Gasteiger partial charge on any atom is -0.343 e. The van der Waals surface area contributed by atoms with Crippen molar-refractivity contribution in [1.29, 1.82) is 0 Å². The summed E-state index contributed by atoms with van der Waals surface area (Å²) >= 11 is 0.